The molecule has 3 aromatic rings. The third-order valence-electron chi connectivity index (χ3n) is 6.17. The molecule has 1 aromatic heterocycles. The van der Waals surface area contributed by atoms with Crippen molar-refractivity contribution in [3.63, 3.8) is 0 Å². The van der Waals surface area contributed by atoms with E-state index in [2.05, 4.69) is 41.0 Å². The first-order valence-electron chi connectivity index (χ1n) is 11.4. The Morgan fingerprint density at radius 2 is 1.88 bits per heavy atom. The van der Waals surface area contributed by atoms with E-state index in [0.29, 0.717) is 11.4 Å². The van der Waals surface area contributed by atoms with Crippen molar-refractivity contribution in [1.82, 2.24) is 24.1 Å². The molecule has 0 N–H and O–H groups in total. The molecule has 0 aliphatic carbocycles. The minimum absolute atomic E-state index is 0.0266. The lowest BCUT2D eigenvalue weighted by atomic mass is 10.2. The highest BCUT2D eigenvalue weighted by molar-refractivity contribution is 7.71. The smallest absolute Gasteiger partial charge is 0.203 e. The molecule has 2 atom stereocenters. The van der Waals surface area contributed by atoms with Crippen LogP contribution in [0.25, 0.3) is 5.69 Å². The monoisotopic (exact) mass is 469 g/mol. The van der Waals surface area contributed by atoms with Gasteiger partial charge in [0.25, 0.3) is 0 Å². The van der Waals surface area contributed by atoms with Gasteiger partial charge in [0.15, 0.2) is 5.82 Å². The van der Waals surface area contributed by atoms with E-state index in [1.807, 2.05) is 29.4 Å². The highest BCUT2D eigenvalue weighted by Gasteiger charge is 2.23. The Morgan fingerprint density at radius 3 is 2.52 bits per heavy atom. The first-order valence-corrected chi connectivity index (χ1v) is 11.8. The van der Waals surface area contributed by atoms with E-state index >= 15 is 0 Å². The zero-order valence-electron chi connectivity index (χ0n) is 19.5. The predicted octanol–water partition coefficient (Wildman–Crippen LogP) is 4.80. The number of halogens is 1. The normalized spacial score (nSPS) is 17.2. The van der Waals surface area contributed by atoms with E-state index in [9.17, 15) is 4.39 Å². The van der Waals surface area contributed by atoms with Gasteiger partial charge in [-0.05, 0) is 75.9 Å². The molecule has 0 bridgehead atoms. The van der Waals surface area contributed by atoms with Crippen LogP contribution in [0.2, 0.25) is 0 Å². The molecule has 1 fully saturated rings. The Hall–Kier alpha value is -2.39. The second-order valence-electron chi connectivity index (χ2n) is 8.87. The number of benzene rings is 2. The molecule has 8 heteroatoms. The fourth-order valence-corrected chi connectivity index (χ4v) is 4.43. The lowest BCUT2D eigenvalue weighted by Gasteiger charge is -2.25. The van der Waals surface area contributed by atoms with Crippen LogP contribution in [0.1, 0.15) is 37.2 Å². The first-order chi connectivity index (χ1) is 15.9. The largest absolute Gasteiger partial charge is 0.377 e. The average molecular weight is 470 g/mol. The minimum Gasteiger partial charge on any atom is -0.377 e. The van der Waals surface area contributed by atoms with E-state index in [1.165, 1.54) is 17.7 Å². The van der Waals surface area contributed by atoms with E-state index in [4.69, 9.17) is 22.1 Å². The number of rotatable bonds is 9. The predicted molar refractivity (Wildman–Crippen MR) is 130 cm³/mol. The van der Waals surface area contributed by atoms with Crippen LogP contribution in [0.3, 0.4) is 0 Å². The van der Waals surface area contributed by atoms with Gasteiger partial charge in [0, 0.05) is 25.4 Å². The summed E-state index contributed by atoms with van der Waals surface area (Å²) in [5, 5.41) is 4.94. The van der Waals surface area contributed by atoms with Crippen LogP contribution in [0.5, 0.6) is 0 Å². The summed E-state index contributed by atoms with van der Waals surface area (Å²) in [7, 11) is 4.03. The van der Waals surface area contributed by atoms with Crippen LogP contribution in [-0.4, -0.2) is 57.5 Å². The van der Waals surface area contributed by atoms with Crippen LogP contribution in [0, 0.1) is 10.6 Å². The Balaban J connectivity index is 1.68. The first kappa shape index (κ1) is 23.8. The molecule has 0 saturated carbocycles. The zero-order valence-corrected chi connectivity index (χ0v) is 20.3. The Morgan fingerprint density at radius 1 is 1.15 bits per heavy atom. The number of hydrogen-bond acceptors (Lipinski definition) is 5. The zero-order chi connectivity index (χ0) is 23.4. The molecule has 1 aliphatic heterocycles. The molecule has 1 saturated heterocycles. The van der Waals surface area contributed by atoms with Gasteiger partial charge in [-0.2, -0.15) is 5.10 Å². The molecule has 176 valence electrons. The molecule has 0 radical (unpaired) electrons. The summed E-state index contributed by atoms with van der Waals surface area (Å²) in [6, 6.07) is 16.9. The van der Waals surface area contributed by atoms with Gasteiger partial charge in [0.2, 0.25) is 4.77 Å². The molecule has 33 heavy (non-hydrogen) atoms. The van der Waals surface area contributed by atoms with Crippen molar-refractivity contribution < 1.29 is 9.13 Å². The molecule has 2 heterocycles. The van der Waals surface area contributed by atoms with E-state index in [0.717, 1.165) is 44.0 Å². The van der Waals surface area contributed by atoms with Crippen LogP contribution in [-0.2, 0) is 18.0 Å². The maximum absolute atomic E-state index is 13.6. The molecule has 4 rings (SSSR count). The third-order valence-corrected chi connectivity index (χ3v) is 6.56. The maximum atomic E-state index is 13.6. The SMILES string of the molecule is CC(c1nn(CN(Cc2ccccc2)CC2CCCO2)c(=S)n1-c1ccc(F)cc1)N(C)C. The molecular formula is C25H32FN5OS. The fourth-order valence-electron chi connectivity index (χ4n) is 4.13. The summed E-state index contributed by atoms with van der Waals surface area (Å²) >= 11 is 5.89. The van der Waals surface area contributed by atoms with Crippen LogP contribution < -0.4 is 0 Å². The molecule has 6 nitrogen and oxygen atoms in total. The summed E-state index contributed by atoms with van der Waals surface area (Å²) in [6.07, 6.45) is 2.40. The van der Waals surface area contributed by atoms with Gasteiger partial charge in [-0.25, -0.2) is 9.07 Å². The van der Waals surface area contributed by atoms with Gasteiger partial charge < -0.3 is 4.74 Å². The van der Waals surface area contributed by atoms with Crippen molar-refractivity contribution in [1.29, 1.82) is 0 Å². The Kier molecular flexibility index (Phi) is 7.70. The van der Waals surface area contributed by atoms with E-state index in [-0.39, 0.29) is 18.0 Å². The number of hydrogen-bond donors (Lipinski definition) is 0. The Labute approximate surface area is 200 Å². The van der Waals surface area contributed by atoms with Crippen molar-refractivity contribution in [2.24, 2.45) is 0 Å². The second-order valence-corrected chi connectivity index (χ2v) is 9.23. The van der Waals surface area contributed by atoms with Gasteiger partial charge in [-0.3, -0.25) is 14.4 Å². The lowest BCUT2D eigenvalue weighted by molar-refractivity contribution is 0.0566. The van der Waals surface area contributed by atoms with Gasteiger partial charge in [0.05, 0.1) is 18.8 Å². The van der Waals surface area contributed by atoms with E-state index in [1.54, 1.807) is 12.1 Å². The minimum atomic E-state index is -0.273. The summed E-state index contributed by atoms with van der Waals surface area (Å²) in [5.41, 5.74) is 2.05. The van der Waals surface area contributed by atoms with Crippen LogP contribution in [0.4, 0.5) is 4.39 Å². The van der Waals surface area contributed by atoms with Gasteiger partial charge in [-0.15, -0.1) is 0 Å². The van der Waals surface area contributed by atoms with Crippen LogP contribution >= 0.6 is 12.2 Å². The van der Waals surface area contributed by atoms with Crippen molar-refractivity contribution in [2.45, 2.75) is 45.1 Å². The topological polar surface area (TPSA) is 38.5 Å². The highest BCUT2D eigenvalue weighted by Crippen LogP contribution is 2.22. The number of ether oxygens (including phenoxy) is 1. The third kappa shape index (κ3) is 5.76. The van der Waals surface area contributed by atoms with Crippen molar-refractivity contribution in [3.05, 3.63) is 76.6 Å². The summed E-state index contributed by atoms with van der Waals surface area (Å²) in [4.78, 5) is 4.43. The second kappa shape index (κ2) is 10.7. The van der Waals surface area contributed by atoms with Crippen LogP contribution in [0.15, 0.2) is 54.6 Å². The summed E-state index contributed by atoms with van der Waals surface area (Å²) in [6.45, 7) is 5.07. The molecule has 0 spiro atoms. The molecule has 1 aliphatic rings. The fraction of sp³-hybridized carbons (Fsp3) is 0.440. The Bertz CT molecular complexity index is 1090. The van der Waals surface area contributed by atoms with Gasteiger partial charge >= 0.3 is 0 Å². The molecular weight excluding hydrogens is 437 g/mol. The van der Waals surface area contributed by atoms with Gasteiger partial charge in [0.1, 0.15) is 5.82 Å². The number of aromatic nitrogens is 3. The van der Waals surface area contributed by atoms with Crippen molar-refractivity contribution in [2.75, 3.05) is 27.2 Å². The molecule has 2 aromatic carbocycles. The summed E-state index contributed by atoms with van der Waals surface area (Å²) in [5.74, 6) is 0.554. The summed E-state index contributed by atoms with van der Waals surface area (Å²) < 4.78 is 23.9. The maximum Gasteiger partial charge on any atom is 0.203 e. The lowest BCUT2D eigenvalue weighted by Crippen LogP contribution is -2.34. The quantitative estimate of drug-likeness (QED) is 0.421. The molecule has 0 amide bonds. The van der Waals surface area contributed by atoms with Crippen molar-refractivity contribution in [3.8, 4) is 5.69 Å². The molecule has 2 unspecified atom stereocenters. The highest BCUT2D eigenvalue weighted by atomic mass is 32.1. The van der Waals surface area contributed by atoms with Gasteiger partial charge in [-0.1, -0.05) is 30.3 Å². The number of nitrogens with zero attached hydrogens (tertiary/aromatic N) is 5. The standard InChI is InChI=1S/C25H32FN5OS/c1-19(28(2)3)24-27-30(25(33)31(24)22-13-11-21(26)12-14-22)18-29(17-23-10-7-15-32-23)16-20-8-5-4-6-9-20/h4-6,8-9,11-14,19,23H,7,10,15-18H2,1-3H3. The average Bonchev–Trinajstić information content (AvgIpc) is 3.42. The van der Waals surface area contributed by atoms with Crippen molar-refractivity contribution >= 4 is 12.2 Å². The van der Waals surface area contributed by atoms with E-state index < -0.39 is 0 Å².